The largest absolute Gasteiger partial charge is 0.334 e. The summed E-state index contributed by atoms with van der Waals surface area (Å²) in [6, 6.07) is 4.33. The summed E-state index contributed by atoms with van der Waals surface area (Å²) in [5, 5.41) is 0. The zero-order valence-corrected chi connectivity index (χ0v) is 13.7. The summed E-state index contributed by atoms with van der Waals surface area (Å²) in [5.41, 5.74) is 6.06. The van der Waals surface area contributed by atoms with Crippen LogP contribution in [0.4, 0.5) is 4.39 Å². The van der Waals surface area contributed by atoms with Crippen molar-refractivity contribution in [3.63, 3.8) is 0 Å². The Labute approximate surface area is 133 Å². The first-order chi connectivity index (χ1) is 9.00. The molecule has 2 unspecified atom stereocenters. The van der Waals surface area contributed by atoms with Crippen molar-refractivity contribution < 1.29 is 9.18 Å². The van der Waals surface area contributed by atoms with Gasteiger partial charge in [-0.3, -0.25) is 4.79 Å². The van der Waals surface area contributed by atoms with Gasteiger partial charge in [0.05, 0.1) is 5.56 Å². The standard InChI is InChI=1S/C14H18BrFN2O.ClH/c1-9(17)13-4-2-3-7-18(13)14(19)11-8-10(15)5-6-12(11)16;/h5-6,8-9,13H,2-4,7,17H2,1H3;1H. The number of carbonyl (C=O) groups is 1. The van der Waals surface area contributed by atoms with Crippen LogP contribution in [-0.2, 0) is 0 Å². The first kappa shape index (κ1) is 17.4. The predicted octanol–water partition coefficient (Wildman–Crippen LogP) is 3.35. The molecule has 1 aliphatic heterocycles. The van der Waals surface area contributed by atoms with Crippen molar-refractivity contribution in [3.8, 4) is 0 Å². The summed E-state index contributed by atoms with van der Waals surface area (Å²) in [5.74, 6) is -0.747. The number of piperidine rings is 1. The average Bonchev–Trinajstić information content (AvgIpc) is 2.40. The number of amides is 1. The lowest BCUT2D eigenvalue weighted by molar-refractivity contribution is 0.0579. The second-order valence-corrected chi connectivity index (χ2v) is 5.96. The van der Waals surface area contributed by atoms with Gasteiger partial charge in [-0.2, -0.15) is 0 Å². The zero-order valence-electron chi connectivity index (χ0n) is 11.3. The number of halogens is 3. The molecule has 1 fully saturated rings. The third-order valence-electron chi connectivity index (χ3n) is 3.58. The van der Waals surface area contributed by atoms with Gasteiger partial charge in [0.25, 0.3) is 5.91 Å². The maximum Gasteiger partial charge on any atom is 0.257 e. The molecule has 2 atom stereocenters. The van der Waals surface area contributed by atoms with E-state index in [2.05, 4.69) is 15.9 Å². The monoisotopic (exact) mass is 364 g/mol. The average molecular weight is 366 g/mol. The van der Waals surface area contributed by atoms with Gasteiger partial charge >= 0.3 is 0 Å². The molecule has 0 radical (unpaired) electrons. The van der Waals surface area contributed by atoms with Gasteiger partial charge in [-0.05, 0) is 44.4 Å². The highest BCUT2D eigenvalue weighted by atomic mass is 79.9. The summed E-state index contributed by atoms with van der Waals surface area (Å²) in [6.45, 7) is 2.55. The van der Waals surface area contributed by atoms with Crippen LogP contribution in [0.25, 0.3) is 0 Å². The van der Waals surface area contributed by atoms with Crippen molar-refractivity contribution in [2.24, 2.45) is 5.73 Å². The molecule has 0 aliphatic carbocycles. The van der Waals surface area contributed by atoms with Crippen LogP contribution in [0.1, 0.15) is 36.5 Å². The number of nitrogens with two attached hydrogens (primary N) is 1. The number of nitrogens with zero attached hydrogens (tertiary/aromatic N) is 1. The Bertz CT molecular complexity index is 484. The van der Waals surface area contributed by atoms with Crippen molar-refractivity contribution in [2.45, 2.75) is 38.3 Å². The van der Waals surface area contributed by atoms with E-state index in [9.17, 15) is 9.18 Å². The molecule has 0 saturated carbocycles. The van der Waals surface area contributed by atoms with Gasteiger partial charge in [-0.1, -0.05) is 15.9 Å². The second kappa shape index (κ2) is 7.38. The van der Waals surface area contributed by atoms with Crippen LogP contribution in [-0.4, -0.2) is 29.4 Å². The van der Waals surface area contributed by atoms with E-state index in [0.29, 0.717) is 11.0 Å². The molecule has 1 saturated heterocycles. The molecule has 3 nitrogen and oxygen atoms in total. The fourth-order valence-electron chi connectivity index (χ4n) is 2.57. The molecule has 6 heteroatoms. The van der Waals surface area contributed by atoms with E-state index in [4.69, 9.17) is 5.73 Å². The summed E-state index contributed by atoms with van der Waals surface area (Å²) in [4.78, 5) is 14.2. The Morgan fingerprint density at radius 3 is 2.85 bits per heavy atom. The number of benzene rings is 1. The zero-order chi connectivity index (χ0) is 14.0. The van der Waals surface area contributed by atoms with E-state index >= 15 is 0 Å². The van der Waals surface area contributed by atoms with E-state index in [1.54, 1.807) is 11.0 Å². The van der Waals surface area contributed by atoms with Crippen molar-refractivity contribution in [1.29, 1.82) is 0 Å². The maximum atomic E-state index is 13.8. The lowest BCUT2D eigenvalue weighted by Gasteiger charge is -2.38. The predicted molar refractivity (Wildman–Crippen MR) is 83.7 cm³/mol. The Morgan fingerprint density at radius 2 is 2.20 bits per heavy atom. The minimum absolute atomic E-state index is 0. The van der Waals surface area contributed by atoms with Crippen LogP contribution in [0.15, 0.2) is 22.7 Å². The van der Waals surface area contributed by atoms with Crippen LogP contribution < -0.4 is 5.73 Å². The fraction of sp³-hybridized carbons (Fsp3) is 0.500. The fourth-order valence-corrected chi connectivity index (χ4v) is 2.93. The molecule has 112 valence electrons. The number of hydrogen-bond acceptors (Lipinski definition) is 2. The lowest BCUT2D eigenvalue weighted by atomic mass is 9.96. The highest BCUT2D eigenvalue weighted by molar-refractivity contribution is 9.10. The summed E-state index contributed by atoms with van der Waals surface area (Å²) < 4.78 is 14.5. The topological polar surface area (TPSA) is 46.3 Å². The molecule has 1 amide bonds. The Hall–Kier alpha value is -0.650. The third-order valence-corrected chi connectivity index (χ3v) is 4.07. The van der Waals surface area contributed by atoms with Gasteiger partial charge in [0.1, 0.15) is 5.82 Å². The van der Waals surface area contributed by atoms with E-state index in [-0.39, 0.29) is 36.0 Å². The van der Waals surface area contributed by atoms with Gasteiger partial charge in [-0.25, -0.2) is 4.39 Å². The Kier molecular flexibility index (Phi) is 6.43. The van der Waals surface area contributed by atoms with Gasteiger partial charge in [0, 0.05) is 23.1 Å². The number of likely N-dealkylation sites (tertiary alicyclic amines) is 1. The van der Waals surface area contributed by atoms with Gasteiger partial charge in [0.15, 0.2) is 0 Å². The molecule has 2 N–H and O–H groups in total. The maximum absolute atomic E-state index is 13.8. The molecule has 1 aromatic rings. The van der Waals surface area contributed by atoms with Crippen molar-refractivity contribution in [1.82, 2.24) is 4.90 Å². The lowest BCUT2D eigenvalue weighted by Crippen LogP contribution is -2.51. The third kappa shape index (κ3) is 3.71. The quantitative estimate of drug-likeness (QED) is 0.873. The molecular formula is C14H19BrClFN2O. The highest BCUT2D eigenvalue weighted by Gasteiger charge is 2.31. The van der Waals surface area contributed by atoms with E-state index in [0.717, 1.165) is 19.3 Å². The summed E-state index contributed by atoms with van der Waals surface area (Å²) >= 11 is 3.27. The van der Waals surface area contributed by atoms with E-state index < -0.39 is 5.82 Å². The number of hydrogen-bond donors (Lipinski definition) is 1. The second-order valence-electron chi connectivity index (χ2n) is 5.04. The smallest absolute Gasteiger partial charge is 0.257 e. The number of rotatable bonds is 2. The minimum atomic E-state index is -0.484. The molecule has 0 bridgehead atoms. The SMILES string of the molecule is CC(N)C1CCCCN1C(=O)c1cc(Br)ccc1F.Cl. The van der Waals surface area contributed by atoms with E-state index in [1.165, 1.54) is 12.1 Å². The van der Waals surface area contributed by atoms with Crippen LogP contribution >= 0.6 is 28.3 Å². The van der Waals surface area contributed by atoms with Crippen LogP contribution in [0, 0.1) is 5.82 Å². The minimum Gasteiger partial charge on any atom is -0.334 e. The normalized spacial score (nSPS) is 20.2. The van der Waals surface area contributed by atoms with E-state index in [1.807, 2.05) is 6.92 Å². The first-order valence-electron chi connectivity index (χ1n) is 6.52. The summed E-state index contributed by atoms with van der Waals surface area (Å²) in [7, 11) is 0. The van der Waals surface area contributed by atoms with Crippen LogP contribution in [0.5, 0.6) is 0 Å². The Morgan fingerprint density at radius 1 is 1.50 bits per heavy atom. The van der Waals surface area contributed by atoms with Crippen LogP contribution in [0.3, 0.4) is 0 Å². The van der Waals surface area contributed by atoms with Gasteiger partial charge < -0.3 is 10.6 Å². The van der Waals surface area contributed by atoms with Crippen molar-refractivity contribution in [2.75, 3.05) is 6.54 Å². The van der Waals surface area contributed by atoms with Crippen molar-refractivity contribution >= 4 is 34.2 Å². The van der Waals surface area contributed by atoms with Crippen LogP contribution in [0.2, 0.25) is 0 Å². The molecule has 0 spiro atoms. The molecule has 20 heavy (non-hydrogen) atoms. The molecule has 1 aliphatic rings. The van der Waals surface area contributed by atoms with Gasteiger partial charge in [-0.15, -0.1) is 12.4 Å². The molecule has 1 aromatic carbocycles. The molecule has 0 aromatic heterocycles. The highest BCUT2D eigenvalue weighted by Crippen LogP contribution is 2.24. The molecular weight excluding hydrogens is 347 g/mol. The van der Waals surface area contributed by atoms with Gasteiger partial charge in [0.2, 0.25) is 0 Å². The first-order valence-corrected chi connectivity index (χ1v) is 7.31. The molecule has 2 rings (SSSR count). The molecule has 1 heterocycles. The van der Waals surface area contributed by atoms with Crippen molar-refractivity contribution in [3.05, 3.63) is 34.1 Å². The summed E-state index contributed by atoms with van der Waals surface area (Å²) in [6.07, 6.45) is 2.90. The Balaban J connectivity index is 0.00000200. The number of carbonyl (C=O) groups excluding carboxylic acids is 1.